The van der Waals surface area contributed by atoms with Gasteiger partial charge in [-0.3, -0.25) is 20.2 Å². The SMILES string of the molecule is COc1cc(C=C2C(=O)NC(=O)NC2=O)cc(I)c1OC(=O)c1ccccc1. The molecule has 0 atom stereocenters. The maximum absolute atomic E-state index is 12.3. The average molecular weight is 492 g/mol. The van der Waals surface area contributed by atoms with Crippen molar-refractivity contribution in [3.05, 3.63) is 62.7 Å². The molecule has 142 valence electrons. The summed E-state index contributed by atoms with van der Waals surface area (Å²) in [6.45, 7) is 0. The first kappa shape index (κ1) is 19.5. The lowest BCUT2D eigenvalue weighted by molar-refractivity contribution is -0.123. The summed E-state index contributed by atoms with van der Waals surface area (Å²) in [6.07, 6.45) is 1.31. The fourth-order valence-corrected chi connectivity index (χ4v) is 3.16. The van der Waals surface area contributed by atoms with Gasteiger partial charge >= 0.3 is 12.0 Å². The van der Waals surface area contributed by atoms with Gasteiger partial charge < -0.3 is 9.47 Å². The van der Waals surface area contributed by atoms with Crippen LogP contribution in [0.4, 0.5) is 4.79 Å². The Kier molecular flexibility index (Phi) is 5.73. The van der Waals surface area contributed by atoms with Gasteiger partial charge in [-0.1, -0.05) is 18.2 Å². The zero-order valence-corrected chi connectivity index (χ0v) is 16.6. The molecular weight excluding hydrogens is 479 g/mol. The van der Waals surface area contributed by atoms with Crippen LogP contribution in [0.2, 0.25) is 0 Å². The molecule has 8 nitrogen and oxygen atoms in total. The molecule has 1 aliphatic heterocycles. The molecule has 0 saturated carbocycles. The van der Waals surface area contributed by atoms with Crippen LogP contribution >= 0.6 is 22.6 Å². The van der Waals surface area contributed by atoms with Crippen LogP contribution in [0, 0.1) is 3.57 Å². The van der Waals surface area contributed by atoms with E-state index in [4.69, 9.17) is 9.47 Å². The van der Waals surface area contributed by atoms with Gasteiger partial charge in [0.05, 0.1) is 16.2 Å². The number of halogens is 1. The van der Waals surface area contributed by atoms with Crippen molar-refractivity contribution >= 4 is 52.5 Å². The van der Waals surface area contributed by atoms with E-state index in [0.717, 1.165) is 0 Å². The highest BCUT2D eigenvalue weighted by Gasteiger charge is 2.28. The van der Waals surface area contributed by atoms with Crippen LogP contribution in [0.15, 0.2) is 48.0 Å². The molecule has 1 aliphatic rings. The highest BCUT2D eigenvalue weighted by atomic mass is 127. The minimum atomic E-state index is -0.873. The Hall–Kier alpha value is -3.21. The van der Waals surface area contributed by atoms with E-state index in [2.05, 4.69) is 0 Å². The third kappa shape index (κ3) is 4.19. The van der Waals surface area contributed by atoms with Gasteiger partial charge in [-0.05, 0) is 58.5 Å². The number of carbonyl (C=O) groups is 4. The largest absolute Gasteiger partial charge is 0.493 e. The van der Waals surface area contributed by atoms with Gasteiger partial charge in [-0.2, -0.15) is 0 Å². The Morgan fingerprint density at radius 3 is 2.29 bits per heavy atom. The van der Waals surface area contributed by atoms with Crippen LogP contribution in [0.25, 0.3) is 6.08 Å². The summed E-state index contributed by atoms with van der Waals surface area (Å²) < 4.78 is 11.3. The maximum atomic E-state index is 12.3. The van der Waals surface area contributed by atoms with Gasteiger partial charge in [0.1, 0.15) is 5.57 Å². The Morgan fingerprint density at radius 2 is 1.68 bits per heavy atom. The smallest absolute Gasteiger partial charge is 0.343 e. The van der Waals surface area contributed by atoms with Gasteiger partial charge in [0.2, 0.25) is 0 Å². The van der Waals surface area contributed by atoms with E-state index in [1.807, 2.05) is 33.2 Å². The average Bonchev–Trinajstić information content (AvgIpc) is 2.67. The van der Waals surface area contributed by atoms with Crippen LogP contribution in [-0.4, -0.2) is 30.9 Å². The second kappa shape index (κ2) is 8.21. The lowest BCUT2D eigenvalue weighted by Crippen LogP contribution is -2.51. The minimum absolute atomic E-state index is 0.215. The molecule has 0 unspecified atom stereocenters. The molecule has 0 bridgehead atoms. The third-order valence-electron chi connectivity index (χ3n) is 3.71. The number of urea groups is 1. The van der Waals surface area contributed by atoms with E-state index >= 15 is 0 Å². The van der Waals surface area contributed by atoms with Crippen LogP contribution in [0.3, 0.4) is 0 Å². The van der Waals surface area contributed by atoms with Gasteiger partial charge in [0.25, 0.3) is 11.8 Å². The van der Waals surface area contributed by atoms with E-state index in [1.165, 1.54) is 19.3 Å². The number of barbiturate groups is 1. The molecule has 1 fully saturated rings. The molecule has 28 heavy (non-hydrogen) atoms. The van der Waals surface area contributed by atoms with Gasteiger partial charge in [0, 0.05) is 0 Å². The molecule has 0 aliphatic carbocycles. The lowest BCUT2D eigenvalue weighted by atomic mass is 10.1. The molecule has 2 N–H and O–H groups in total. The Balaban J connectivity index is 1.93. The van der Waals surface area contributed by atoms with Crippen molar-refractivity contribution in [3.63, 3.8) is 0 Å². The molecule has 2 aromatic carbocycles. The Bertz CT molecular complexity index is 995. The number of hydrogen-bond acceptors (Lipinski definition) is 6. The summed E-state index contributed by atoms with van der Waals surface area (Å²) in [5.41, 5.74) is 0.605. The second-order valence-electron chi connectivity index (χ2n) is 5.59. The van der Waals surface area contributed by atoms with Crippen molar-refractivity contribution < 1.29 is 28.7 Å². The summed E-state index contributed by atoms with van der Waals surface area (Å²) >= 11 is 1.95. The number of amides is 4. The predicted octanol–water partition coefficient (Wildman–Crippen LogP) is 2.27. The first-order valence-corrected chi connectivity index (χ1v) is 9.00. The normalized spacial score (nSPS) is 13.5. The lowest BCUT2D eigenvalue weighted by Gasteiger charge is -2.15. The molecule has 0 radical (unpaired) electrons. The molecule has 1 heterocycles. The Morgan fingerprint density at radius 1 is 1.04 bits per heavy atom. The molecule has 1 saturated heterocycles. The number of imide groups is 2. The van der Waals surface area contributed by atoms with Crippen LogP contribution in [0.5, 0.6) is 11.5 Å². The first-order valence-electron chi connectivity index (χ1n) is 7.92. The quantitative estimate of drug-likeness (QED) is 0.223. The second-order valence-corrected chi connectivity index (χ2v) is 6.75. The number of ether oxygens (including phenoxy) is 2. The summed E-state index contributed by atoms with van der Waals surface area (Å²) in [4.78, 5) is 47.2. The van der Waals surface area contributed by atoms with Crippen molar-refractivity contribution in [1.82, 2.24) is 10.6 Å². The molecular formula is C19H13IN2O6. The summed E-state index contributed by atoms with van der Waals surface area (Å²) in [5.74, 6) is -1.69. The zero-order valence-electron chi connectivity index (χ0n) is 14.4. The topological polar surface area (TPSA) is 111 Å². The monoisotopic (exact) mass is 492 g/mol. The van der Waals surface area contributed by atoms with E-state index in [9.17, 15) is 19.2 Å². The first-order chi connectivity index (χ1) is 13.4. The summed E-state index contributed by atoms with van der Waals surface area (Å²) in [5, 5.41) is 4.00. The highest BCUT2D eigenvalue weighted by Crippen LogP contribution is 2.35. The highest BCUT2D eigenvalue weighted by molar-refractivity contribution is 14.1. The fourth-order valence-electron chi connectivity index (χ4n) is 2.42. The molecule has 0 spiro atoms. The van der Waals surface area contributed by atoms with Gasteiger partial charge in [0.15, 0.2) is 11.5 Å². The molecule has 9 heteroatoms. The van der Waals surface area contributed by atoms with E-state index in [1.54, 1.807) is 36.4 Å². The maximum Gasteiger partial charge on any atom is 0.343 e. The molecule has 4 amide bonds. The van der Waals surface area contributed by atoms with E-state index in [-0.39, 0.29) is 17.1 Å². The predicted molar refractivity (Wildman–Crippen MR) is 107 cm³/mol. The van der Waals surface area contributed by atoms with Crippen molar-refractivity contribution in [3.8, 4) is 11.5 Å². The van der Waals surface area contributed by atoms with E-state index in [0.29, 0.717) is 14.7 Å². The number of benzene rings is 2. The number of esters is 1. The van der Waals surface area contributed by atoms with Crippen molar-refractivity contribution in [2.45, 2.75) is 0 Å². The van der Waals surface area contributed by atoms with E-state index < -0.39 is 23.8 Å². The Labute approximate surface area is 173 Å². The number of methoxy groups -OCH3 is 1. The molecule has 3 rings (SSSR count). The van der Waals surface area contributed by atoms with Crippen molar-refractivity contribution in [2.75, 3.05) is 7.11 Å². The molecule has 2 aromatic rings. The van der Waals surface area contributed by atoms with Crippen molar-refractivity contribution in [2.24, 2.45) is 0 Å². The fraction of sp³-hybridized carbons (Fsp3) is 0.0526. The van der Waals surface area contributed by atoms with Gasteiger partial charge in [-0.15, -0.1) is 0 Å². The van der Waals surface area contributed by atoms with Crippen LogP contribution in [0.1, 0.15) is 15.9 Å². The van der Waals surface area contributed by atoms with Crippen molar-refractivity contribution in [1.29, 1.82) is 0 Å². The number of nitrogens with one attached hydrogen (secondary N) is 2. The third-order valence-corrected chi connectivity index (χ3v) is 4.51. The zero-order chi connectivity index (χ0) is 20.3. The molecule has 0 aromatic heterocycles. The van der Waals surface area contributed by atoms with Crippen LogP contribution in [-0.2, 0) is 9.59 Å². The number of rotatable bonds is 4. The number of carbonyl (C=O) groups excluding carboxylic acids is 4. The standard InChI is InChI=1S/C19H13IN2O6/c1-27-14-9-10(7-12-16(23)21-19(26)22-17(12)24)8-13(20)15(14)28-18(25)11-5-3-2-4-6-11/h2-9H,1H3,(H2,21,22,23,24,26). The summed E-state index contributed by atoms with van der Waals surface area (Å²) in [7, 11) is 1.40. The summed E-state index contributed by atoms with van der Waals surface area (Å²) in [6, 6.07) is 10.7. The minimum Gasteiger partial charge on any atom is -0.493 e. The number of hydrogen-bond donors (Lipinski definition) is 2. The van der Waals surface area contributed by atoms with Crippen LogP contribution < -0.4 is 20.1 Å². The van der Waals surface area contributed by atoms with Gasteiger partial charge in [-0.25, -0.2) is 9.59 Å².